The molecule has 30 heavy (non-hydrogen) atoms. The Morgan fingerprint density at radius 3 is 2.60 bits per heavy atom. The van der Waals surface area contributed by atoms with Crippen LogP contribution in [0.1, 0.15) is 18.5 Å². The summed E-state index contributed by atoms with van der Waals surface area (Å²) >= 11 is 0. The van der Waals surface area contributed by atoms with E-state index in [4.69, 9.17) is 4.74 Å². The van der Waals surface area contributed by atoms with Crippen molar-refractivity contribution in [3.63, 3.8) is 0 Å². The predicted octanol–water partition coefficient (Wildman–Crippen LogP) is 3.13. The van der Waals surface area contributed by atoms with Gasteiger partial charge in [0.2, 0.25) is 0 Å². The topological polar surface area (TPSA) is 109 Å². The molecule has 1 fully saturated rings. The van der Waals surface area contributed by atoms with E-state index in [0.717, 1.165) is 30.0 Å². The Morgan fingerprint density at radius 1 is 1.17 bits per heavy atom. The Hall–Kier alpha value is -3.59. The van der Waals surface area contributed by atoms with Crippen molar-refractivity contribution in [2.45, 2.75) is 13.0 Å². The number of hydrogen-bond donors (Lipinski definition) is 3. The SMILES string of the molecule is CC1=C(Nc2cccc([N+](=O)[O-])c2)C(c2ccc(N3CCOCC3)cc2)NC(=O)N1. The van der Waals surface area contributed by atoms with Gasteiger partial charge in [-0.15, -0.1) is 0 Å². The molecule has 2 aliphatic heterocycles. The largest absolute Gasteiger partial charge is 0.378 e. The van der Waals surface area contributed by atoms with Crippen LogP contribution in [0.25, 0.3) is 0 Å². The van der Waals surface area contributed by atoms with E-state index in [1.54, 1.807) is 19.1 Å². The van der Waals surface area contributed by atoms with Gasteiger partial charge in [-0.3, -0.25) is 10.1 Å². The van der Waals surface area contributed by atoms with E-state index in [1.807, 2.05) is 24.3 Å². The number of amides is 2. The summed E-state index contributed by atoms with van der Waals surface area (Å²) in [6, 6.07) is 13.6. The van der Waals surface area contributed by atoms with E-state index in [9.17, 15) is 14.9 Å². The maximum atomic E-state index is 12.1. The molecule has 3 N–H and O–H groups in total. The molecule has 2 aromatic carbocycles. The maximum absolute atomic E-state index is 12.1. The molecule has 4 rings (SSSR count). The van der Waals surface area contributed by atoms with Gasteiger partial charge in [0, 0.05) is 42.3 Å². The minimum atomic E-state index is -0.435. The van der Waals surface area contributed by atoms with Crippen LogP contribution in [0.2, 0.25) is 0 Å². The maximum Gasteiger partial charge on any atom is 0.319 e. The van der Waals surface area contributed by atoms with E-state index in [0.29, 0.717) is 24.6 Å². The summed E-state index contributed by atoms with van der Waals surface area (Å²) in [5.41, 5.74) is 3.98. The fourth-order valence-electron chi connectivity index (χ4n) is 3.66. The number of benzene rings is 2. The second-order valence-electron chi connectivity index (χ2n) is 7.19. The lowest BCUT2D eigenvalue weighted by Crippen LogP contribution is -2.45. The highest BCUT2D eigenvalue weighted by Gasteiger charge is 2.27. The number of ether oxygens (including phenoxy) is 1. The number of carbonyl (C=O) groups excluding carboxylic acids is 1. The van der Waals surface area contributed by atoms with Crippen molar-refractivity contribution in [3.05, 3.63) is 75.6 Å². The van der Waals surface area contributed by atoms with Crippen LogP contribution in [0.15, 0.2) is 59.9 Å². The van der Waals surface area contributed by atoms with Gasteiger partial charge >= 0.3 is 6.03 Å². The molecule has 0 aliphatic carbocycles. The molecule has 0 saturated carbocycles. The van der Waals surface area contributed by atoms with E-state index < -0.39 is 11.0 Å². The van der Waals surface area contributed by atoms with Crippen molar-refractivity contribution < 1.29 is 14.5 Å². The fourth-order valence-corrected chi connectivity index (χ4v) is 3.66. The van der Waals surface area contributed by atoms with Gasteiger partial charge in [0.05, 0.1) is 29.9 Å². The van der Waals surface area contributed by atoms with Crippen LogP contribution in [-0.4, -0.2) is 37.3 Å². The van der Waals surface area contributed by atoms with Crippen molar-refractivity contribution in [2.24, 2.45) is 0 Å². The van der Waals surface area contributed by atoms with Gasteiger partial charge in [-0.25, -0.2) is 4.79 Å². The normalized spacial score (nSPS) is 19.2. The van der Waals surface area contributed by atoms with Crippen LogP contribution in [0, 0.1) is 10.1 Å². The van der Waals surface area contributed by atoms with Crippen molar-refractivity contribution in [1.82, 2.24) is 10.6 Å². The first kappa shape index (κ1) is 19.7. The van der Waals surface area contributed by atoms with Crippen LogP contribution >= 0.6 is 0 Å². The van der Waals surface area contributed by atoms with Crippen LogP contribution in [0.4, 0.5) is 21.9 Å². The Kier molecular flexibility index (Phi) is 5.53. The molecular formula is C21H23N5O4. The third-order valence-corrected chi connectivity index (χ3v) is 5.21. The zero-order valence-corrected chi connectivity index (χ0v) is 16.6. The summed E-state index contributed by atoms with van der Waals surface area (Å²) in [4.78, 5) is 25.0. The third-order valence-electron chi connectivity index (χ3n) is 5.21. The standard InChI is InChI=1S/C21H23N5O4/c1-14-19(23-16-3-2-4-18(13-16)26(28)29)20(24-21(27)22-14)15-5-7-17(8-6-15)25-9-11-30-12-10-25/h2-8,13,20,23H,9-12H2,1H3,(H2,22,24,27). The summed E-state index contributed by atoms with van der Waals surface area (Å²) in [5, 5.41) is 20.0. The van der Waals surface area contributed by atoms with Crippen molar-refractivity contribution >= 4 is 23.1 Å². The lowest BCUT2D eigenvalue weighted by Gasteiger charge is -2.31. The zero-order chi connectivity index (χ0) is 21.1. The first-order valence-electron chi connectivity index (χ1n) is 9.74. The molecule has 2 aromatic rings. The van der Waals surface area contributed by atoms with Crippen LogP contribution in [0.3, 0.4) is 0 Å². The van der Waals surface area contributed by atoms with E-state index in [-0.39, 0.29) is 11.7 Å². The number of nitro benzene ring substituents is 1. The number of urea groups is 1. The summed E-state index contributed by atoms with van der Waals surface area (Å²) in [6.07, 6.45) is 0. The van der Waals surface area contributed by atoms with Gasteiger partial charge in [0.25, 0.3) is 5.69 Å². The molecule has 9 heteroatoms. The molecular weight excluding hydrogens is 386 g/mol. The molecule has 9 nitrogen and oxygen atoms in total. The average molecular weight is 409 g/mol. The summed E-state index contributed by atoms with van der Waals surface area (Å²) in [5.74, 6) is 0. The Balaban J connectivity index is 1.60. The summed E-state index contributed by atoms with van der Waals surface area (Å²) in [6.45, 7) is 4.92. The monoisotopic (exact) mass is 409 g/mol. The molecule has 1 unspecified atom stereocenters. The molecule has 0 spiro atoms. The smallest absolute Gasteiger partial charge is 0.319 e. The van der Waals surface area contributed by atoms with Crippen LogP contribution < -0.4 is 20.9 Å². The molecule has 2 heterocycles. The molecule has 1 saturated heterocycles. The Morgan fingerprint density at radius 2 is 1.90 bits per heavy atom. The zero-order valence-electron chi connectivity index (χ0n) is 16.6. The highest BCUT2D eigenvalue weighted by Crippen LogP contribution is 2.30. The van der Waals surface area contributed by atoms with Gasteiger partial charge in [0.15, 0.2) is 0 Å². The van der Waals surface area contributed by atoms with E-state index in [1.165, 1.54) is 12.1 Å². The number of nitrogens with one attached hydrogen (secondary N) is 3. The molecule has 0 bridgehead atoms. The Labute approximate surface area is 173 Å². The summed E-state index contributed by atoms with van der Waals surface area (Å²) < 4.78 is 5.40. The van der Waals surface area contributed by atoms with E-state index in [2.05, 4.69) is 20.9 Å². The van der Waals surface area contributed by atoms with Gasteiger partial charge in [-0.05, 0) is 30.7 Å². The van der Waals surface area contributed by atoms with Gasteiger partial charge in [0.1, 0.15) is 0 Å². The third kappa shape index (κ3) is 4.20. The van der Waals surface area contributed by atoms with Crippen molar-refractivity contribution in [1.29, 1.82) is 0 Å². The van der Waals surface area contributed by atoms with E-state index >= 15 is 0 Å². The second kappa shape index (κ2) is 8.42. The number of nitro groups is 1. The van der Waals surface area contributed by atoms with Gasteiger partial charge in [-0.2, -0.15) is 0 Å². The number of anilines is 2. The first-order valence-corrected chi connectivity index (χ1v) is 9.74. The summed E-state index contributed by atoms with van der Waals surface area (Å²) in [7, 11) is 0. The number of carbonyl (C=O) groups is 1. The molecule has 0 aromatic heterocycles. The lowest BCUT2D eigenvalue weighted by atomic mass is 10.00. The molecule has 156 valence electrons. The van der Waals surface area contributed by atoms with Crippen molar-refractivity contribution in [3.8, 4) is 0 Å². The fraction of sp³-hybridized carbons (Fsp3) is 0.286. The van der Waals surface area contributed by atoms with Crippen molar-refractivity contribution in [2.75, 3.05) is 36.5 Å². The average Bonchev–Trinajstić information content (AvgIpc) is 2.76. The number of morpholine rings is 1. The lowest BCUT2D eigenvalue weighted by molar-refractivity contribution is -0.384. The minimum absolute atomic E-state index is 0.00234. The number of allylic oxidation sites excluding steroid dienone is 1. The number of rotatable bonds is 5. The molecule has 2 aliphatic rings. The second-order valence-corrected chi connectivity index (χ2v) is 7.19. The van der Waals surface area contributed by atoms with Gasteiger partial charge < -0.3 is 25.6 Å². The van der Waals surface area contributed by atoms with Crippen LogP contribution in [-0.2, 0) is 4.74 Å². The Bertz CT molecular complexity index is 983. The van der Waals surface area contributed by atoms with Crippen LogP contribution in [0.5, 0.6) is 0 Å². The highest BCUT2D eigenvalue weighted by molar-refractivity contribution is 5.79. The predicted molar refractivity (Wildman–Crippen MR) is 113 cm³/mol. The molecule has 0 radical (unpaired) electrons. The number of nitrogens with zero attached hydrogens (tertiary/aromatic N) is 2. The quantitative estimate of drug-likeness (QED) is 0.517. The highest BCUT2D eigenvalue weighted by atomic mass is 16.6. The number of hydrogen-bond acceptors (Lipinski definition) is 6. The minimum Gasteiger partial charge on any atom is -0.378 e. The van der Waals surface area contributed by atoms with Gasteiger partial charge in [-0.1, -0.05) is 18.2 Å². The number of non-ortho nitro benzene ring substituents is 1. The molecule has 2 amide bonds. The molecule has 1 atom stereocenters. The first-order chi connectivity index (χ1) is 14.5.